The van der Waals surface area contributed by atoms with Crippen LogP contribution in [0.1, 0.15) is 80.9 Å². The third kappa shape index (κ3) is 9.64. The van der Waals surface area contributed by atoms with E-state index in [9.17, 15) is 0 Å². The average Bonchev–Trinajstić information content (AvgIpc) is 2.95. The molecule has 0 saturated heterocycles. The van der Waals surface area contributed by atoms with Gasteiger partial charge in [0, 0.05) is 0 Å². The molecule has 0 N–H and O–H groups in total. The van der Waals surface area contributed by atoms with Crippen LogP contribution >= 0.6 is 0 Å². The molecule has 0 aromatic heterocycles. The maximum absolute atomic E-state index is 6.35. The van der Waals surface area contributed by atoms with E-state index < -0.39 is 0 Å². The van der Waals surface area contributed by atoms with Gasteiger partial charge in [0.2, 0.25) is 0 Å². The number of ether oxygens (including phenoxy) is 3. The molecule has 1 aliphatic rings. The van der Waals surface area contributed by atoms with Crippen molar-refractivity contribution >= 4 is 0 Å². The van der Waals surface area contributed by atoms with Gasteiger partial charge in [-0.15, -0.1) is 0 Å². The number of rotatable bonds is 15. The van der Waals surface area contributed by atoms with E-state index in [1.807, 2.05) is 36.4 Å². The second-order valence-electron chi connectivity index (χ2n) is 10.5. The molecule has 1 saturated carbocycles. The van der Waals surface area contributed by atoms with Gasteiger partial charge in [-0.3, -0.25) is 0 Å². The second kappa shape index (κ2) is 15.6. The van der Waals surface area contributed by atoms with Gasteiger partial charge >= 0.3 is 0 Å². The zero-order valence-corrected chi connectivity index (χ0v) is 22.5. The Morgan fingerprint density at radius 1 is 0.676 bits per heavy atom. The second-order valence-corrected chi connectivity index (χ2v) is 10.5. The number of hydrogen-bond donors (Lipinski definition) is 0. The molecule has 198 valence electrons. The Morgan fingerprint density at radius 2 is 1.24 bits per heavy atom. The Kier molecular flexibility index (Phi) is 11.6. The summed E-state index contributed by atoms with van der Waals surface area (Å²) in [6.07, 6.45) is 10.8. The molecule has 1 aliphatic carbocycles. The number of unbranched alkanes of at least 4 members (excludes halogenated alkanes) is 2. The Hall–Kier alpha value is -2.62. The van der Waals surface area contributed by atoms with Crippen molar-refractivity contribution in [2.75, 3.05) is 13.2 Å². The summed E-state index contributed by atoms with van der Waals surface area (Å²) < 4.78 is 18.4. The highest BCUT2D eigenvalue weighted by Crippen LogP contribution is 2.38. The van der Waals surface area contributed by atoms with Crippen LogP contribution in [0.4, 0.5) is 0 Å². The molecular weight excluding hydrogens is 456 g/mol. The van der Waals surface area contributed by atoms with Crippen molar-refractivity contribution in [1.82, 2.24) is 0 Å². The molecule has 1 fully saturated rings. The highest BCUT2D eigenvalue weighted by molar-refractivity contribution is 5.30. The molecule has 3 nitrogen and oxygen atoms in total. The highest BCUT2D eigenvalue weighted by Gasteiger charge is 2.22. The van der Waals surface area contributed by atoms with E-state index in [4.69, 9.17) is 14.2 Å². The highest BCUT2D eigenvalue weighted by atomic mass is 16.6. The van der Waals surface area contributed by atoms with Gasteiger partial charge in [-0.1, -0.05) is 105 Å². The van der Waals surface area contributed by atoms with E-state index in [-0.39, 0.29) is 6.10 Å². The van der Waals surface area contributed by atoms with Crippen LogP contribution in [-0.4, -0.2) is 19.3 Å². The summed E-state index contributed by atoms with van der Waals surface area (Å²) in [7, 11) is 0. The Morgan fingerprint density at radius 3 is 1.78 bits per heavy atom. The lowest BCUT2D eigenvalue weighted by Crippen LogP contribution is -2.28. The summed E-state index contributed by atoms with van der Waals surface area (Å²) in [6.45, 7) is 4.39. The first-order chi connectivity index (χ1) is 18.3. The van der Waals surface area contributed by atoms with Gasteiger partial charge in [0.1, 0.15) is 11.9 Å². The minimum absolute atomic E-state index is 0.170. The predicted octanol–water partition coefficient (Wildman–Crippen LogP) is 8.72. The lowest BCUT2D eigenvalue weighted by Gasteiger charge is -2.29. The smallest absolute Gasteiger partial charge is 0.145 e. The van der Waals surface area contributed by atoms with Crippen LogP contribution in [0.5, 0.6) is 5.75 Å². The van der Waals surface area contributed by atoms with Gasteiger partial charge in [-0.05, 0) is 66.3 Å². The maximum Gasteiger partial charge on any atom is 0.145 e. The topological polar surface area (TPSA) is 27.7 Å². The molecule has 0 aliphatic heterocycles. The van der Waals surface area contributed by atoms with E-state index in [1.54, 1.807) is 0 Å². The van der Waals surface area contributed by atoms with Gasteiger partial charge in [0.25, 0.3) is 0 Å². The molecule has 0 bridgehead atoms. The molecule has 3 aromatic carbocycles. The van der Waals surface area contributed by atoms with Gasteiger partial charge in [-0.25, -0.2) is 0 Å². The van der Waals surface area contributed by atoms with E-state index >= 15 is 0 Å². The van der Waals surface area contributed by atoms with Crippen molar-refractivity contribution in [1.29, 1.82) is 0 Å². The van der Waals surface area contributed by atoms with Crippen molar-refractivity contribution in [2.45, 2.75) is 83.5 Å². The fraction of sp³-hybridized carbons (Fsp3) is 0.471. The van der Waals surface area contributed by atoms with Crippen LogP contribution < -0.4 is 4.74 Å². The lowest BCUT2D eigenvalue weighted by atomic mass is 9.77. The quantitative estimate of drug-likeness (QED) is 0.195. The van der Waals surface area contributed by atoms with E-state index in [2.05, 4.69) is 55.5 Å². The Labute approximate surface area is 224 Å². The molecule has 0 atom stereocenters. The summed E-state index contributed by atoms with van der Waals surface area (Å²) in [6, 6.07) is 29.3. The predicted molar refractivity (Wildman–Crippen MR) is 152 cm³/mol. The molecule has 0 spiro atoms. The average molecular weight is 501 g/mol. The van der Waals surface area contributed by atoms with Gasteiger partial charge < -0.3 is 14.2 Å². The molecule has 0 unspecified atom stereocenters. The molecule has 0 amide bonds. The van der Waals surface area contributed by atoms with Crippen molar-refractivity contribution in [3.05, 3.63) is 102 Å². The molecule has 0 heterocycles. The monoisotopic (exact) mass is 500 g/mol. The summed E-state index contributed by atoms with van der Waals surface area (Å²) in [5.41, 5.74) is 3.78. The summed E-state index contributed by atoms with van der Waals surface area (Å²) in [5, 5.41) is 0. The molecule has 37 heavy (non-hydrogen) atoms. The molecule has 4 rings (SSSR count). The third-order valence-corrected chi connectivity index (χ3v) is 7.55. The van der Waals surface area contributed by atoms with Crippen molar-refractivity contribution in [3.63, 3.8) is 0 Å². The normalized spacial score (nSPS) is 17.7. The lowest BCUT2D eigenvalue weighted by molar-refractivity contribution is -0.0157. The summed E-state index contributed by atoms with van der Waals surface area (Å²) in [4.78, 5) is 0. The largest absolute Gasteiger partial charge is 0.486 e. The fourth-order valence-corrected chi connectivity index (χ4v) is 5.36. The summed E-state index contributed by atoms with van der Waals surface area (Å²) in [5.74, 6) is 2.52. The molecule has 3 aromatic rings. The van der Waals surface area contributed by atoms with E-state index in [0.717, 1.165) is 22.8 Å². The summed E-state index contributed by atoms with van der Waals surface area (Å²) >= 11 is 0. The first kappa shape index (κ1) is 27.4. The van der Waals surface area contributed by atoms with Crippen molar-refractivity contribution < 1.29 is 14.2 Å². The third-order valence-electron chi connectivity index (χ3n) is 7.55. The van der Waals surface area contributed by atoms with Gasteiger partial charge in [0.15, 0.2) is 0 Å². The number of benzene rings is 3. The van der Waals surface area contributed by atoms with Crippen molar-refractivity contribution in [3.8, 4) is 5.75 Å². The standard InChI is InChI=1S/C34H44O3/c1-2-3-6-11-28-16-18-31(19-17-28)32-20-22-33(23-21-32)37-34(26-35-24-29-12-7-4-8-13-29)27-36-25-30-14-9-5-10-15-30/h4-5,7-10,12-15,20-23,28,31,34H,2-3,6,11,16-19,24-27H2,1H3. The maximum atomic E-state index is 6.35. The van der Waals surface area contributed by atoms with Gasteiger partial charge in [0.05, 0.1) is 26.4 Å². The van der Waals surface area contributed by atoms with Crippen LogP contribution in [0.15, 0.2) is 84.9 Å². The first-order valence-electron chi connectivity index (χ1n) is 14.3. The van der Waals surface area contributed by atoms with Gasteiger partial charge in [-0.2, -0.15) is 0 Å². The number of hydrogen-bond acceptors (Lipinski definition) is 3. The Bertz CT molecular complexity index is 933. The Balaban J connectivity index is 1.27. The van der Waals surface area contributed by atoms with E-state index in [1.165, 1.54) is 56.9 Å². The SMILES string of the molecule is CCCCCC1CCC(c2ccc(OC(COCc3ccccc3)COCc3ccccc3)cc2)CC1. The minimum atomic E-state index is -0.170. The zero-order chi connectivity index (χ0) is 25.5. The van der Waals surface area contributed by atoms with Crippen LogP contribution in [0.3, 0.4) is 0 Å². The minimum Gasteiger partial charge on any atom is -0.486 e. The van der Waals surface area contributed by atoms with Crippen LogP contribution in [-0.2, 0) is 22.7 Å². The molecule has 3 heteroatoms. The van der Waals surface area contributed by atoms with Crippen molar-refractivity contribution in [2.24, 2.45) is 5.92 Å². The van der Waals surface area contributed by atoms with Crippen LogP contribution in [0.2, 0.25) is 0 Å². The molecule has 0 radical (unpaired) electrons. The van der Waals surface area contributed by atoms with Crippen LogP contribution in [0, 0.1) is 5.92 Å². The van der Waals surface area contributed by atoms with E-state index in [0.29, 0.717) is 32.3 Å². The zero-order valence-electron chi connectivity index (χ0n) is 22.5. The van der Waals surface area contributed by atoms with Crippen LogP contribution in [0.25, 0.3) is 0 Å². The fourth-order valence-electron chi connectivity index (χ4n) is 5.36. The first-order valence-corrected chi connectivity index (χ1v) is 14.3. The molecular formula is C34H44O3.